The zero-order valence-corrected chi connectivity index (χ0v) is 22.9. The van der Waals surface area contributed by atoms with Gasteiger partial charge >= 0.3 is 0 Å². The van der Waals surface area contributed by atoms with E-state index in [1.165, 1.54) is 19.3 Å². The predicted octanol–water partition coefficient (Wildman–Crippen LogP) is 8.34. The largest absolute Gasteiger partial charge is 0.350 e. The van der Waals surface area contributed by atoms with Gasteiger partial charge < -0.3 is 9.88 Å². The first-order valence-electron chi connectivity index (χ1n) is 14.4. The molecule has 1 unspecified atom stereocenters. The van der Waals surface area contributed by atoms with Crippen LogP contribution in [0, 0.1) is 0 Å². The molecule has 0 saturated heterocycles. The Morgan fingerprint density at radius 2 is 1.72 bits per heavy atom. The summed E-state index contributed by atoms with van der Waals surface area (Å²) in [6.45, 7) is 4.20. The van der Waals surface area contributed by atoms with E-state index in [2.05, 4.69) is 72.3 Å². The molecule has 0 aliphatic heterocycles. The topological polar surface area (TPSA) is 59.8 Å². The molecule has 1 fully saturated rings. The van der Waals surface area contributed by atoms with Crippen molar-refractivity contribution in [1.82, 2.24) is 19.9 Å². The second kappa shape index (κ2) is 11.0. The molecule has 3 aromatic carbocycles. The van der Waals surface area contributed by atoms with Crippen molar-refractivity contribution in [3.63, 3.8) is 0 Å². The van der Waals surface area contributed by atoms with Crippen LogP contribution in [0.2, 0.25) is 0 Å². The molecule has 1 aliphatic rings. The molecule has 1 amide bonds. The molecule has 0 bridgehead atoms. The first kappa shape index (κ1) is 25.3. The smallest absolute Gasteiger partial charge is 0.251 e. The maximum absolute atomic E-state index is 13.0. The lowest BCUT2D eigenvalue weighted by Gasteiger charge is -2.25. The number of pyridine rings is 1. The number of hydrogen-bond donors (Lipinski definition) is 1. The summed E-state index contributed by atoms with van der Waals surface area (Å²) in [7, 11) is 0. The van der Waals surface area contributed by atoms with Gasteiger partial charge in [-0.1, -0.05) is 69.0 Å². The number of fused-ring (bicyclic) bond motifs is 2. The number of hydrogen-bond acceptors (Lipinski definition) is 3. The molecule has 5 aromatic rings. The number of rotatable bonds is 7. The van der Waals surface area contributed by atoms with Crippen LogP contribution in [-0.4, -0.2) is 26.5 Å². The fraction of sp³-hybridized carbons (Fsp3) is 0.324. The van der Waals surface area contributed by atoms with Crippen molar-refractivity contribution in [2.45, 2.75) is 70.9 Å². The van der Waals surface area contributed by atoms with Crippen LogP contribution in [0.25, 0.3) is 44.6 Å². The summed E-state index contributed by atoms with van der Waals surface area (Å²) in [6.07, 6.45) is 8.11. The molecule has 5 heteroatoms. The van der Waals surface area contributed by atoms with Crippen molar-refractivity contribution in [3.05, 3.63) is 84.4 Å². The van der Waals surface area contributed by atoms with Crippen molar-refractivity contribution >= 4 is 27.8 Å². The third kappa shape index (κ3) is 5.18. The van der Waals surface area contributed by atoms with E-state index >= 15 is 0 Å². The minimum Gasteiger partial charge on any atom is -0.350 e. The van der Waals surface area contributed by atoms with E-state index in [0.717, 1.165) is 70.3 Å². The van der Waals surface area contributed by atoms with E-state index in [1.54, 1.807) is 0 Å². The Morgan fingerprint density at radius 3 is 2.51 bits per heavy atom. The van der Waals surface area contributed by atoms with E-state index in [0.29, 0.717) is 11.6 Å². The Kier molecular flexibility index (Phi) is 7.14. The molecule has 5 nitrogen and oxygen atoms in total. The minimum atomic E-state index is -0.0300. The van der Waals surface area contributed by atoms with Crippen LogP contribution in [0.4, 0.5) is 0 Å². The number of benzene rings is 3. The highest BCUT2D eigenvalue weighted by Gasteiger charge is 2.23. The van der Waals surface area contributed by atoms with Crippen LogP contribution < -0.4 is 5.32 Å². The van der Waals surface area contributed by atoms with Gasteiger partial charge in [0.15, 0.2) is 0 Å². The molecule has 0 radical (unpaired) electrons. The monoisotopic (exact) mass is 516 g/mol. The molecule has 0 spiro atoms. The number of carbonyl (C=O) groups is 1. The summed E-state index contributed by atoms with van der Waals surface area (Å²) in [6, 6.07) is 27.6. The highest BCUT2D eigenvalue weighted by atomic mass is 16.1. The molecule has 2 heterocycles. The third-order valence-electron chi connectivity index (χ3n) is 8.01. The van der Waals surface area contributed by atoms with Crippen LogP contribution in [0.3, 0.4) is 0 Å². The van der Waals surface area contributed by atoms with Gasteiger partial charge in [0.1, 0.15) is 5.82 Å². The van der Waals surface area contributed by atoms with E-state index in [9.17, 15) is 4.79 Å². The zero-order valence-electron chi connectivity index (χ0n) is 22.9. The van der Waals surface area contributed by atoms with Gasteiger partial charge in [-0.05, 0) is 68.7 Å². The number of aromatic nitrogens is 3. The minimum absolute atomic E-state index is 0.0300. The molecule has 1 atom stereocenters. The first-order valence-corrected chi connectivity index (χ1v) is 14.4. The van der Waals surface area contributed by atoms with Gasteiger partial charge in [-0.15, -0.1) is 0 Å². The SMILES string of the molecule is CCCC(C)NC(=O)c1ccc2c(c1)nc(-c1ccc3nc(-c4ccccc4)ccc3c1)n2C1CCCCC1. The molecule has 1 N–H and O–H groups in total. The quantitative estimate of drug-likeness (QED) is 0.236. The number of carbonyl (C=O) groups excluding carboxylic acids is 1. The Morgan fingerprint density at radius 1 is 0.897 bits per heavy atom. The highest BCUT2D eigenvalue weighted by molar-refractivity contribution is 5.98. The van der Waals surface area contributed by atoms with E-state index in [4.69, 9.17) is 9.97 Å². The Bertz CT molecular complexity index is 1620. The highest BCUT2D eigenvalue weighted by Crippen LogP contribution is 2.37. The summed E-state index contributed by atoms with van der Waals surface area (Å²) in [5.74, 6) is 0.945. The van der Waals surface area contributed by atoms with Gasteiger partial charge in [-0.3, -0.25) is 4.79 Å². The predicted molar refractivity (Wildman–Crippen MR) is 160 cm³/mol. The summed E-state index contributed by atoms with van der Waals surface area (Å²) in [4.78, 5) is 23.0. The Balaban J connectivity index is 1.41. The zero-order chi connectivity index (χ0) is 26.8. The van der Waals surface area contributed by atoms with Gasteiger partial charge in [0.05, 0.1) is 22.2 Å². The number of amides is 1. The first-order chi connectivity index (χ1) is 19.1. The number of nitrogens with zero attached hydrogens (tertiary/aromatic N) is 3. The van der Waals surface area contributed by atoms with Crippen LogP contribution >= 0.6 is 0 Å². The standard InChI is InChI=1S/C34H36N4O/c1-3-10-23(2)35-34(39)27-17-20-32-31(22-27)37-33(38(32)28-13-8-5-9-14-28)26-16-19-30-25(21-26)15-18-29(36-30)24-11-6-4-7-12-24/h4,6-7,11-12,15-23,28H,3,5,8-10,13-14H2,1-2H3,(H,35,39). The third-order valence-corrected chi connectivity index (χ3v) is 8.01. The Labute approximate surface area is 230 Å². The number of imidazole rings is 1. The summed E-state index contributed by atoms with van der Waals surface area (Å²) in [5, 5.41) is 4.23. The number of nitrogens with one attached hydrogen (secondary N) is 1. The lowest BCUT2D eigenvalue weighted by molar-refractivity contribution is 0.0938. The fourth-order valence-electron chi connectivity index (χ4n) is 6.00. The van der Waals surface area contributed by atoms with Crippen molar-refractivity contribution in [2.75, 3.05) is 0 Å². The molecular formula is C34H36N4O. The van der Waals surface area contributed by atoms with Gasteiger partial charge in [0.25, 0.3) is 5.91 Å². The summed E-state index contributed by atoms with van der Waals surface area (Å²) in [5.41, 5.74) is 6.80. The molecule has 1 aliphatic carbocycles. The lowest BCUT2D eigenvalue weighted by atomic mass is 9.94. The maximum Gasteiger partial charge on any atom is 0.251 e. The van der Waals surface area contributed by atoms with Crippen LogP contribution in [0.5, 0.6) is 0 Å². The van der Waals surface area contributed by atoms with Crippen molar-refractivity contribution in [3.8, 4) is 22.6 Å². The van der Waals surface area contributed by atoms with Crippen molar-refractivity contribution in [2.24, 2.45) is 0 Å². The molecule has 39 heavy (non-hydrogen) atoms. The van der Waals surface area contributed by atoms with Gasteiger partial charge in [-0.2, -0.15) is 0 Å². The van der Waals surface area contributed by atoms with Gasteiger partial charge in [0, 0.05) is 34.2 Å². The summed E-state index contributed by atoms with van der Waals surface area (Å²) < 4.78 is 2.43. The summed E-state index contributed by atoms with van der Waals surface area (Å²) >= 11 is 0. The van der Waals surface area contributed by atoms with Gasteiger partial charge in [-0.25, -0.2) is 9.97 Å². The molecular weight excluding hydrogens is 480 g/mol. The average Bonchev–Trinajstić information content (AvgIpc) is 3.36. The van der Waals surface area contributed by atoms with Gasteiger partial charge in [0.2, 0.25) is 0 Å². The average molecular weight is 517 g/mol. The van der Waals surface area contributed by atoms with Crippen LogP contribution in [0.1, 0.15) is 75.2 Å². The Hall–Kier alpha value is -3.99. The van der Waals surface area contributed by atoms with Crippen molar-refractivity contribution < 1.29 is 4.79 Å². The molecule has 1 saturated carbocycles. The van der Waals surface area contributed by atoms with Crippen LogP contribution in [-0.2, 0) is 0 Å². The van der Waals surface area contributed by atoms with E-state index < -0.39 is 0 Å². The molecule has 6 rings (SSSR count). The normalized spacial score (nSPS) is 15.0. The van der Waals surface area contributed by atoms with E-state index in [-0.39, 0.29) is 11.9 Å². The lowest BCUT2D eigenvalue weighted by Crippen LogP contribution is -2.32. The van der Waals surface area contributed by atoms with Crippen LogP contribution in [0.15, 0.2) is 78.9 Å². The molecule has 198 valence electrons. The van der Waals surface area contributed by atoms with Crippen molar-refractivity contribution in [1.29, 1.82) is 0 Å². The fourth-order valence-corrected chi connectivity index (χ4v) is 6.00. The molecule has 2 aromatic heterocycles. The van der Waals surface area contributed by atoms with E-state index in [1.807, 2.05) is 30.3 Å². The maximum atomic E-state index is 13.0. The second-order valence-electron chi connectivity index (χ2n) is 10.9. The second-order valence-corrected chi connectivity index (χ2v) is 10.9.